The summed E-state index contributed by atoms with van der Waals surface area (Å²) in [5.74, 6) is 0.844. The van der Waals surface area contributed by atoms with Gasteiger partial charge in [0.1, 0.15) is 5.75 Å². The van der Waals surface area contributed by atoms with Gasteiger partial charge >= 0.3 is 0 Å². The van der Waals surface area contributed by atoms with E-state index in [1.807, 2.05) is 6.07 Å². The van der Waals surface area contributed by atoms with Crippen LogP contribution in [0.3, 0.4) is 0 Å². The first kappa shape index (κ1) is 12.0. The zero-order valence-electron chi connectivity index (χ0n) is 11.1. The topological polar surface area (TPSA) is 9.23 Å². The van der Waals surface area contributed by atoms with Gasteiger partial charge in [0.15, 0.2) is 0 Å². The SMILES string of the molecule is CCCCOc1[c]c2cc3ccccc3cc2cc1. The van der Waals surface area contributed by atoms with Crippen LogP contribution in [0.4, 0.5) is 0 Å². The predicted molar refractivity (Wildman–Crippen MR) is 80.7 cm³/mol. The quantitative estimate of drug-likeness (QED) is 0.468. The molecule has 0 aromatic heterocycles. The third-order valence-electron chi connectivity index (χ3n) is 3.35. The lowest BCUT2D eigenvalue weighted by Crippen LogP contribution is -1.96. The van der Waals surface area contributed by atoms with Crippen LogP contribution in [0.5, 0.6) is 5.75 Å². The number of rotatable bonds is 4. The zero-order chi connectivity index (χ0) is 13.1. The molecule has 1 heteroatoms. The molecule has 0 saturated carbocycles. The smallest absolute Gasteiger partial charge is 0.127 e. The summed E-state index contributed by atoms with van der Waals surface area (Å²) in [4.78, 5) is 0. The molecule has 95 valence electrons. The molecule has 0 fully saturated rings. The summed E-state index contributed by atoms with van der Waals surface area (Å²) in [5, 5.41) is 4.84. The first-order valence-electron chi connectivity index (χ1n) is 6.84. The molecule has 0 amide bonds. The maximum Gasteiger partial charge on any atom is 0.127 e. The minimum absolute atomic E-state index is 0.770. The lowest BCUT2D eigenvalue weighted by atomic mass is 10.0. The predicted octanol–water partition coefficient (Wildman–Crippen LogP) is 4.97. The third-order valence-corrected chi connectivity index (χ3v) is 3.35. The Morgan fingerprint density at radius 3 is 2.53 bits per heavy atom. The number of unbranched alkanes of at least 4 members (excludes halogenated alkanes) is 1. The van der Waals surface area contributed by atoms with E-state index >= 15 is 0 Å². The highest BCUT2D eigenvalue weighted by molar-refractivity contribution is 5.98. The van der Waals surface area contributed by atoms with Gasteiger partial charge < -0.3 is 4.74 Å². The van der Waals surface area contributed by atoms with Crippen molar-refractivity contribution in [2.24, 2.45) is 0 Å². The van der Waals surface area contributed by atoms with Crippen LogP contribution in [0.2, 0.25) is 0 Å². The van der Waals surface area contributed by atoms with Gasteiger partial charge in [0.05, 0.1) is 6.61 Å². The van der Waals surface area contributed by atoms with E-state index in [1.54, 1.807) is 0 Å². The fraction of sp³-hybridized carbons (Fsp3) is 0.222. The fourth-order valence-corrected chi connectivity index (χ4v) is 2.25. The van der Waals surface area contributed by atoms with Crippen LogP contribution in [0, 0.1) is 6.07 Å². The Kier molecular flexibility index (Phi) is 3.37. The summed E-state index contributed by atoms with van der Waals surface area (Å²) in [5.41, 5.74) is 0. The highest BCUT2D eigenvalue weighted by Gasteiger charge is 2.01. The van der Waals surface area contributed by atoms with Crippen molar-refractivity contribution < 1.29 is 4.74 Å². The second-order valence-electron chi connectivity index (χ2n) is 4.81. The first-order valence-corrected chi connectivity index (χ1v) is 6.84. The van der Waals surface area contributed by atoms with Gasteiger partial charge in [-0.2, -0.15) is 0 Å². The molecule has 1 nitrogen and oxygen atoms in total. The maximum atomic E-state index is 5.71. The molecule has 0 spiro atoms. The Labute approximate surface area is 113 Å². The zero-order valence-corrected chi connectivity index (χ0v) is 11.1. The number of hydrogen-bond donors (Lipinski definition) is 0. The van der Waals surface area contributed by atoms with Crippen LogP contribution in [0.25, 0.3) is 21.5 Å². The molecular formula is C18H17O. The molecule has 0 bridgehead atoms. The largest absolute Gasteiger partial charge is 0.493 e. The van der Waals surface area contributed by atoms with Crippen LogP contribution in [0.1, 0.15) is 19.8 Å². The van der Waals surface area contributed by atoms with Gasteiger partial charge in [-0.15, -0.1) is 0 Å². The summed E-state index contributed by atoms with van der Waals surface area (Å²) >= 11 is 0. The average molecular weight is 249 g/mol. The van der Waals surface area contributed by atoms with Gasteiger partial charge in [0, 0.05) is 6.07 Å². The van der Waals surface area contributed by atoms with Crippen molar-refractivity contribution in [3.63, 3.8) is 0 Å². The van der Waals surface area contributed by atoms with Gasteiger partial charge in [-0.1, -0.05) is 43.7 Å². The Morgan fingerprint density at radius 1 is 0.947 bits per heavy atom. The summed E-state index contributed by atoms with van der Waals surface area (Å²) in [6.45, 7) is 2.94. The molecule has 19 heavy (non-hydrogen) atoms. The molecule has 3 rings (SSSR count). The lowest BCUT2D eigenvalue weighted by molar-refractivity contribution is 0.309. The highest BCUT2D eigenvalue weighted by atomic mass is 16.5. The van der Waals surface area contributed by atoms with E-state index in [0.29, 0.717) is 0 Å². The monoisotopic (exact) mass is 249 g/mol. The Hall–Kier alpha value is -2.02. The lowest BCUT2D eigenvalue weighted by Gasteiger charge is -2.07. The van der Waals surface area contributed by atoms with Crippen molar-refractivity contribution in [3.05, 3.63) is 54.6 Å². The molecule has 0 saturated heterocycles. The Bertz CT molecular complexity index is 700. The molecule has 3 aromatic carbocycles. The third kappa shape index (κ3) is 2.55. The van der Waals surface area contributed by atoms with Crippen molar-refractivity contribution >= 4 is 21.5 Å². The van der Waals surface area contributed by atoms with Crippen LogP contribution in [-0.2, 0) is 0 Å². The molecule has 0 aliphatic rings. The normalized spacial score (nSPS) is 11.0. The van der Waals surface area contributed by atoms with Crippen molar-refractivity contribution in [2.45, 2.75) is 19.8 Å². The van der Waals surface area contributed by atoms with E-state index in [1.165, 1.54) is 16.2 Å². The average Bonchev–Trinajstić information content (AvgIpc) is 2.45. The van der Waals surface area contributed by atoms with E-state index in [4.69, 9.17) is 4.74 Å². The molecule has 0 N–H and O–H groups in total. The molecule has 1 radical (unpaired) electrons. The van der Waals surface area contributed by atoms with E-state index < -0.39 is 0 Å². The van der Waals surface area contributed by atoms with Gasteiger partial charge in [-0.3, -0.25) is 0 Å². The summed E-state index contributed by atoms with van der Waals surface area (Å²) in [7, 11) is 0. The van der Waals surface area contributed by atoms with E-state index in [2.05, 4.69) is 55.5 Å². The minimum atomic E-state index is 0.770. The maximum absolute atomic E-state index is 5.71. The molecule has 3 aromatic rings. The standard InChI is InChI=1S/C18H17O/c1-2-3-10-19-18-9-8-16-11-14-6-4-5-7-15(14)12-17(16)13-18/h4-9,11-12H,2-3,10H2,1H3. The second-order valence-corrected chi connectivity index (χ2v) is 4.81. The molecule has 0 aliphatic heterocycles. The molecule has 0 aliphatic carbocycles. The Morgan fingerprint density at radius 2 is 1.74 bits per heavy atom. The number of benzene rings is 3. The first-order chi connectivity index (χ1) is 9.36. The molecule has 0 heterocycles. The van der Waals surface area contributed by atoms with Crippen LogP contribution >= 0.6 is 0 Å². The van der Waals surface area contributed by atoms with Crippen molar-refractivity contribution in [1.29, 1.82) is 0 Å². The second kappa shape index (κ2) is 5.31. The Balaban J connectivity index is 1.99. The number of ether oxygens (including phenoxy) is 1. The van der Waals surface area contributed by atoms with Crippen molar-refractivity contribution in [1.82, 2.24) is 0 Å². The van der Waals surface area contributed by atoms with Crippen molar-refractivity contribution in [3.8, 4) is 5.75 Å². The van der Waals surface area contributed by atoms with Gasteiger partial charge in [-0.25, -0.2) is 0 Å². The van der Waals surface area contributed by atoms with Crippen LogP contribution < -0.4 is 4.74 Å². The van der Waals surface area contributed by atoms with Gasteiger partial charge in [0.2, 0.25) is 0 Å². The number of hydrogen-bond acceptors (Lipinski definition) is 1. The highest BCUT2D eigenvalue weighted by Crippen LogP contribution is 2.25. The fourth-order valence-electron chi connectivity index (χ4n) is 2.25. The molecular weight excluding hydrogens is 232 g/mol. The number of fused-ring (bicyclic) bond motifs is 2. The van der Waals surface area contributed by atoms with E-state index in [9.17, 15) is 0 Å². The summed E-state index contributed by atoms with van der Waals surface area (Å²) < 4.78 is 5.71. The van der Waals surface area contributed by atoms with E-state index in [0.717, 1.165) is 30.6 Å². The summed E-state index contributed by atoms with van der Waals surface area (Å²) in [6, 6.07) is 20.3. The van der Waals surface area contributed by atoms with Gasteiger partial charge in [-0.05, 0) is 46.2 Å². The van der Waals surface area contributed by atoms with E-state index in [-0.39, 0.29) is 0 Å². The summed E-state index contributed by atoms with van der Waals surface area (Å²) in [6.07, 6.45) is 2.24. The van der Waals surface area contributed by atoms with Crippen LogP contribution in [-0.4, -0.2) is 6.61 Å². The molecule has 0 unspecified atom stereocenters. The van der Waals surface area contributed by atoms with Crippen molar-refractivity contribution in [2.75, 3.05) is 6.61 Å². The molecule has 0 atom stereocenters. The van der Waals surface area contributed by atoms with Crippen LogP contribution in [0.15, 0.2) is 48.5 Å². The minimum Gasteiger partial charge on any atom is -0.493 e. The van der Waals surface area contributed by atoms with Gasteiger partial charge in [0.25, 0.3) is 0 Å².